The van der Waals surface area contributed by atoms with Gasteiger partial charge in [0.25, 0.3) is 5.91 Å². The highest BCUT2D eigenvalue weighted by Gasteiger charge is 2.18. The maximum atomic E-state index is 13.1. The normalized spacial score (nSPS) is 11.9. The predicted octanol–water partition coefficient (Wildman–Crippen LogP) is 2.97. The summed E-state index contributed by atoms with van der Waals surface area (Å²) < 4.78 is 14.6. The first-order chi connectivity index (χ1) is 14.5. The lowest BCUT2D eigenvalue weighted by molar-refractivity contribution is -0.143. The SMILES string of the molecule is CCOC(=O)Cn1c(=NC(=O)c2c(C)nc3ccccn23)sc2cc(OC)ccc21. The van der Waals surface area contributed by atoms with Gasteiger partial charge in [-0.25, -0.2) is 4.98 Å². The number of esters is 1. The lowest BCUT2D eigenvalue weighted by Crippen LogP contribution is -2.23. The Labute approximate surface area is 176 Å². The Morgan fingerprint density at radius 2 is 2.07 bits per heavy atom. The van der Waals surface area contributed by atoms with Gasteiger partial charge in [-0.05, 0) is 44.2 Å². The molecule has 4 rings (SSSR count). The number of aryl methyl sites for hydroxylation is 1. The number of thiazole rings is 1. The Kier molecular flexibility index (Phi) is 5.37. The van der Waals surface area contributed by atoms with E-state index in [0.29, 0.717) is 27.6 Å². The highest BCUT2D eigenvalue weighted by molar-refractivity contribution is 7.16. The zero-order valence-corrected chi connectivity index (χ0v) is 17.6. The molecule has 0 aliphatic carbocycles. The summed E-state index contributed by atoms with van der Waals surface area (Å²) in [7, 11) is 1.59. The van der Waals surface area contributed by atoms with E-state index < -0.39 is 11.9 Å². The van der Waals surface area contributed by atoms with E-state index in [1.54, 1.807) is 42.2 Å². The second-order valence-corrected chi connectivity index (χ2v) is 7.51. The van der Waals surface area contributed by atoms with Crippen LogP contribution in [0, 0.1) is 6.92 Å². The highest BCUT2D eigenvalue weighted by Crippen LogP contribution is 2.23. The zero-order chi connectivity index (χ0) is 21.3. The molecule has 1 aromatic carbocycles. The molecule has 0 aliphatic heterocycles. The Balaban J connectivity index is 1.87. The molecule has 1 amide bonds. The molecule has 0 N–H and O–H groups in total. The number of nitrogens with zero attached hydrogens (tertiary/aromatic N) is 4. The van der Waals surface area contributed by atoms with Crippen molar-refractivity contribution in [3.63, 3.8) is 0 Å². The fraction of sp³-hybridized carbons (Fsp3) is 0.238. The minimum Gasteiger partial charge on any atom is -0.497 e. The van der Waals surface area contributed by atoms with Crippen LogP contribution in [0.1, 0.15) is 23.1 Å². The molecular formula is C21H20N4O4S. The molecule has 0 bridgehead atoms. The monoisotopic (exact) mass is 424 g/mol. The maximum absolute atomic E-state index is 13.1. The van der Waals surface area contributed by atoms with E-state index in [-0.39, 0.29) is 13.2 Å². The molecule has 0 saturated heterocycles. The number of rotatable bonds is 5. The van der Waals surface area contributed by atoms with Crippen molar-refractivity contribution in [2.75, 3.05) is 13.7 Å². The fourth-order valence-corrected chi connectivity index (χ4v) is 4.32. The average Bonchev–Trinajstić information content (AvgIpc) is 3.24. The Bertz CT molecular complexity index is 1330. The second-order valence-electron chi connectivity index (χ2n) is 6.50. The van der Waals surface area contributed by atoms with E-state index in [0.717, 1.165) is 10.2 Å². The van der Waals surface area contributed by atoms with Crippen molar-refractivity contribution in [1.82, 2.24) is 14.0 Å². The third kappa shape index (κ3) is 3.59. The zero-order valence-electron chi connectivity index (χ0n) is 16.8. The minimum absolute atomic E-state index is 0.0432. The number of hydrogen-bond acceptors (Lipinski definition) is 6. The van der Waals surface area contributed by atoms with Gasteiger partial charge in [0.15, 0.2) is 4.80 Å². The summed E-state index contributed by atoms with van der Waals surface area (Å²) in [5.74, 6) is -0.141. The number of hydrogen-bond donors (Lipinski definition) is 0. The van der Waals surface area contributed by atoms with Crippen LogP contribution in [-0.4, -0.2) is 39.5 Å². The number of imidazole rings is 1. The average molecular weight is 424 g/mol. The lowest BCUT2D eigenvalue weighted by atomic mass is 10.3. The summed E-state index contributed by atoms with van der Waals surface area (Å²) in [6.45, 7) is 3.76. The molecule has 154 valence electrons. The van der Waals surface area contributed by atoms with Crippen LogP contribution in [0.4, 0.5) is 0 Å². The van der Waals surface area contributed by atoms with Gasteiger partial charge in [0.2, 0.25) is 0 Å². The van der Waals surface area contributed by atoms with Crippen molar-refractivity contribution >= 4 is 39.1 Å². The summed E-state index contributed by atoms with van der Waals surface area (Å²) in [5, 5.41) is 0. The van der Waals surface area contributed by atoms with Crippen molar-refractivity contribution in [3.8, 4) is 5.75 Å². The van der Waals surface area contributed by atoms with Crippen molar-refractivity contribution in [3.05, 3.63) is 58.8 Å². The van der Waals surface area contributed by atoms with Crippen LogP contribution in [-0.2, 0) is 16.1 Å². The molecule has 0 fully saturated rings. The van der Waals surface area contributed by atoms with Crippen molar-refractivity contribution < 1.29 is 19.1 Å². The summed E-state index contributed by atoms with van der Waals surface area (Å²) in [5.41, 5.74) is 2.43. The molecular weight excluding hydrogens is 404 g/mol. The smallest absolute Gasteiger partial charge is 0.326 e. The van der Waals surface area contributed by atoms with E-state index in [4.69, 9.17) is 9.47 Å². The number of ether oxygens (including phenoxy) is 2. The van der Waals surface area contributed by atoms with Crippen molar-refractivity contribution in [2.45, 2.75) is 20.4 Å². The first-order valence-corrected chi connectivity index (χ1v) is 10.2. The van der Waals surface area contributed by atoms with Gasteiger partial charge >= 0.3 is 5.97 Å². The van der Waals surface area contributed by atoms with Gasteiger partial charge < -0.3 is 14.0 Å². The Hall–Kier alpha value is -3.46. The third-order valence-corrected chi connectivity index (χ3v) is 5.63. The molecule has 0 saturated carbocycles. The van der Waals surface area contributed by atoms with E-state index in [1.165, 1.54) is 11.3 Å². The van der Waals surface area contributed by atoms with Crippen LogP contribution in [0.3, 0.4) is 0 Å². The maximum Gasteiger partial charge on any atom is 0.326 e. The van der Waals surface area contributed by atoms with E-state index in [1.807, 2.05) is 30.3 Å². The first kappa shape index (κ1) is 19.8. The fourth-order valence-electron chi connectivity index (χ4n) is 3.27. The van der Waals surface area contributed by atoms with E-state index >= 15 is 0 Å². The van der Waals surface area contributed by atoms with Crippen molar-refractivity contribution in [1.29, 1.82) is 0 Å². The molecule has 3 aromatic heterocycles. The third-order valence-electron chi connectivity index (χ3n) is 4.59. The number of fused-ring (bicyclic) bond motifs is 2. The molecule has 0 unspecified atom stereocenters. The van der Waals surface area contributed by atoms with E-state index in [9.17, 15) is 9.59 Å². The number of carbonyl (C=O) groups is 2. The summed E-state index contributed by atoms with van der Waals surface area (Å²) >= 11 is 1.31. The van der Waals surface area contributed by atoms with Gasteiger partial charge in [-0.1, -0.05) is 17.4 Å². The molecule has 8 nitrogen and oxygen atoms in total. The Morgan fingerprint density at radius 3 is 2.83 bits per heavy atom. The van der Waals surface area contributed by atoms with Crippen molar-refractivity contribution in [2.24, 2.45) is 4.99 Å². The molecule has 4 aromatic rings. The predicted molar refractivity (Wildman–Crippen MR) is 113 cm³/mol. The largest absolute Gasteiger partial charge is 0.497 e. The topological polar surface area (TPSA) is 87.2 Å². The van der Waals surface area contributed by atoms with Crippen LogP contribution in [0.2, 0.25) is 0 Å². The van der Waals surface area contributed by atoms with Gasteiger partial charge in [-0.15, -0.1) is 0 Å². The van der Waals surface area contributed by atoms with Gasteiger partial charge in [-0.2, -0.15) is 4.99 Å². The molecule has 0 aliphatic rings. The van der Waals surface area contributed by atoms with Crippen LogP contribution in [0.15, 0.2) is 47.6 Å². The van der Waals surface area contributed by atoms with Gasteiger partial charge in [0.1, 0.15) is 23.6 Å². The van der Waals surface area contributed by atoms with Gasteiger partial charge in [0, 0.05) is 6.20 Å². The Morgan fingerprint density at radius 1 is 1.23 bits per heavy atom. The number of aromatic nitrogens is 3. The minimum atomic E-state index is -0.428. The first-order valence-electron chi connectivity index (χ1n) is 9.37. The molecule has 0 radical (unpaired) electrons. The summed E-state index contributed by atoms with van der Waals surface area (Å²) in [6, 6.07) is 11.0. The quantitative estimate of drug-likeness (QED) is 0.460. The van der Waals surface area contributed by atoms with Crippen LogP contribution in [0.5, 0.6) is 5.75 Å². The molecule has 30 heavy (non-hydrogen) atoms. The second kappa shape index (κ2) is 8.11. The highest BCUT2D eigenvalue weighted by atomic mass is 32.1. The van der Waals surface area contributed by atoms with E-state index in [2.05, 4.69) is 9.98 Å². The molecule has 0 atom stereocenters. The number of carbonyl (C=O) groups excluding carboxylic acids is 2. The summed E-state index contributed by atoms with van der Waals surface area (Å²) in [4.78, 5) is 34.4. The number of amides is 1. The van der Waals surface area contributed by atoms with Crippen LogP contribution >= 0.6 is 11.3 Å². The van der Waals surface area contributed by atoms with Crippen LogP contribution in [0.25, 0.3) is 15.9 Å². The molecule has 0 spiro atoms. The summed E-state index contributed by atoms with van der Waals surface area (Å²) in [6.07, 6.45) is 1.78. The lowest BCUT2D eigenvalue weighted by Gasteiger charge is -2.05. The standard InChI is InChI=1S/C21H20N4O4S/c1-4-29-18(26)12-25-15-9-8-14(28-3)11-16(15)30-21(25)23-20(27)19-13(2)22-17-7-5-6-10-24(17)19/h5-11H,4,12H2,1-3H3. The number of benzene rings is 1. The van der Waals surface area contributed by atoms with Crippen LogP contribution < -0.4 is 9.54 Å². The molecule has 3 heterocycles. The molecule has 9 heteroatoms. The number of pyridine rings is 1. The van der Waals surface area contributed by atoms with Gasteiger partial charge in [-0.3, -0.25) is 14.0 Å². The van der Waals surface area contributed by atoms with Gasteiger partial charge in [0.05, 0.1) is 29.6 Å². The number of methoxy groups -OCH3 is 1.